The number of nitrogens with zero attached hydrogens (tertiary/aromatic N) is 1. The van der Waals surface area contributed by atoms with Crippen molar-refractivity contribution in [3.63, 3.8) is 0 Å². The third kappa shape index (κ3) is 2.53. The van der Waals surface area contributed by atoms with Gasteiger partial charge in [0.2, 0.25) is 11.8 Å². The van der Waals surface area contributed by atoms with E-state index in [2.05, 4.69) is 48.5 Å². The Balaban J connectivity index is 1.51. The Hall–Kier alpha value is -3.46. The third-order valence-corrected chi connectivity index (χ3v) is 7.33. The van der Waals surface area contributed by atoms with Crippen LogP contribution < -0.4 is 4.90 Å². The highest BCUT2D eigenvalue weighted by Gasteiger charge is 2.64. The van der Waals surface area contributed by atoms with Crippen LogP contribution in [0.15, 0.2) is 84.9 Å². The first kappa shape index (κ1) is 18.3. The summed E-state index contributed by atoms with van der Waals surface area (Å²) in [6.45, 7) is 1.96. The average Bonchev–Trinajstić information content (AvgIpc) is 3.45. The van der Waals surface area contributed by atoms with Gasteiger partial charge in [-0.05, 0) is 59.1 Å². The number of amides is 2. The molecule has 4 atom stereocenters. The number of para-hydroxylation sites is 1. The lowest BCUT2D eigenvalue weighted by Crippen LogP contribution is -2.33. The molecule has 1 heterocycles. The Labute approximate surface area is 182 Å². The number of imide groups is 1. The lowest BCUT2D eigenvalue weighted by Gasteiger charge is -2.27. The fourth-order valence-electron chi connectivity index (χ4n) is 6.15. The van der Waals surface area contributed by atoms with E-state index in [1.807, 2.05) is 43.3 Å². The molecule has 6 rings (SSSR count). The highest BCUT2D eigenvalue weighted by molar-refractivity contribution is 6.25. The van der Waals surface area contributed by atoms with Crippen LogP contribution in [0.4, 0.5) is 5.69 Å². The van der Waals surface area contributed by atoms with Crippen molar-refractivity contribution in [2.24, 2.45) is 23.7 Å². The number of rotatable bonds is 3. The molecule has 3 aromatic rings. The van der Waals surface area contributed by atoms with E-state index in [-0.39, 0.29) is 35.5 Å². The molecule has 152 valence electrons. The largest absolute Gasteiger partial charge is 0.274 e. The molecule has 2 fully saturated rings. The molecule has 0 spiro atoms. The molecule has 3 heteroatoms. The van der Waals surface area contributed by atoms with Crippen LogP contribution in [0.25, 0.3) is 11.1 Å². The monoisotopic (exact) mass is 405 g/mol. The van der Waals surface area contributed by atoms with Gasteiger partial charge in [-0.1, -0.05) is 78.9 Å². The van der Waals surface area contributed by atoms with Crippen LogP contribution in [0.1, 0.15) is 23.1 Å². The summed E-state index contributed by atoms with van der Waals surface area (Å²) in [6.07, 6.45) is 0.878. The second kappa shape index (κ2) is 6.78. The van der Waals surface area contributed by atoms with Gasteiger partial charge in [-0.15, -0.1) is 0 Å². The summed E-state index contributed by atoms with van der Waals surface area (Å²) >= 11 is 0. The van der Waals surface area contributed by atoms with E-state index in [9.17, 15) is 9.59 Å². The first-order chi connectivity index (χ1) is 15.2. The predicted molar refractivity (Wildman–Crippen MR) is 122 cm³/mol. The van der Waals surface area contributed by atoms with E-state index < -0.39 is 0 Å². The number of carbonyl (C=O) groups excluding carboxylic acids is 2. The Morgan fingerprint density at radius 2 is 1.10 bits per heavy atom. The highest BCUT2D eigenvalue weighted by atomic mass is 16.2. The molecular weight excluding hydrogens is 382 g/mol. The van der Waals surface area contributed by atoms with Gasteiger partial charge < -0.3 is 0 Å². The van der Waals surface area contributed by atoms with E-state index in [4.69, 9.17) is 0 Å². The molecule has 3 aromatic carbocycles. The quantitative estimate of drug-likeness (QED) is 0.550. The first-order valence-electron chi connectivity index (χ1n) is 10.9. The van der Waals surface area contributed by atoms with Crippen LogP contribution >= 0.6 is 0 Å². The summed E-state index contributed by atoms with van der Waals surface area (Å²) in [5.74, 6) is -0.426. The minimum atomic E-state index is -0.264. The molecule has 2 aliphatic carbocycles. The van der Waals surface area contributed by atoms with Crippen LogP contribution in [0.2, 0.25) is 0 Å². The lowest BCUT2D eigenvalue weighted by molar-refractivity contribution is -0.123. The summed E-state index contributed by atoms with van der Waals surface area (Å²) in [5, 5.41) is 0. The van der Waals surface area contributed by atoms with E-state index in [0.29, 0.717) is 0 Å². The van der Waals surface area contributed by atoms with Crippen LogP contribution in [-0.4, -0.2) is 11.8 Å². The molecule has 0 N–H and O–H groups in total. The topological polar surface area (TPSA) is 37.4 Å². The molecule has 0 unspecified atom stereocenters. The van der Waals surface area contributed by atoms with E-state index in [0.717, 1.165) is 17.7 Å². The van der Waals surface area contributed by atoms with Gasteiger partial charge in [0.05, 0.1) is 17.5 Å². The lowest BCUT2D eigenvalue weighted by atomic mass is 9.73. The fraction of sp³-hybridized carbons (Fsp3) is 0.214. The summed E-state index contributed by atoms with van der Waals surface area (Å²) in [6, 6.07) is 28.5. The van der Waals surface area contributed by atoms with Crippen molar-refractivity contribution >= 4 is 28.6 Å². The third-order valence-electron chi connectivity index (χ3n) is 7.33. The second-order valence-corrected chi connectivity index (χ2v) is 8.86. The number of fused-ring (bicyclic) bond motifs is 5. The second-order valence-electron chi connectivity index (χ2n) is 8.86. The van der Waals surface area contributed by atoms with Crippen molar-refractivity contribution in [1.82, 2.24) is 0 Å². The molecule has 3 nitrogen and oxygen atoms in total. The van der Waals surface area contributed by atoms with Gasteiger partial charge in [-0.25, -0.2) is 4.90 Å². The molecular formula is C28H23NO2. The number of allylic oxidation sites excluding steroid dienone is 2. The number of hydrogen-bond acceptors (Lipinski definition) is 2. The van der Waals surface area contributed by atoms with Crippen LogP contribution in [0.5, 0.6) is 0 Å². The van der Waals surface area contributed by atoms with Gasteiger partial charge in [0, 0.05) is 0 Å². The molecule has 1 saturated heterocycles. The van der Waals surface area contributed by atoms with Crippen molar-refractivity contribution < 1.29 is 9.59 Å². The summed E-state index contributed by atoms with van der Waals surface area (Å²) in [5.41, 5.74) is 6.53. The molecule has 1 saturated carbocycles. The summed E-state index contributed by atoms with van der Waals surface area (Å²) in [4.78, 5) is 28.8. The SMILES string of the molecule is Cc1ccccc1N1C(=O)[C@@H]2[C@H](C1=O)[C@@H]1C[C@@H]2C(c2ccccc2)=C1c1ccccc1. The Bertz CT molecular complexity index is 1150. The molecule has 1 aliphatic heterocycles. The van der Waals surface area contributed by atoms with Crippen LogP contribution in [0.3, 0.4) is 0 Å². The van der Waals surface area contributed by atoms with Crippen LogP contribution in [-0.2, 0) is 9.59 Å². The molecule has 0 radical (unpaired) electrons. The molecule has 2 amide bonds. The van der Waals surface area contributed by atoms with E-state index >= 15 is 0 Å². The zero-order chi connectivity index (χ0) is 21.1. The van der Waals surface area contributed by atoms with E-state index in [1.54, 1.807) is 0 Å². The molecule has 0 aromatic heterocycles. The molecule has 2 bridgehead atoms. The molecule has 31 heavy (non-hydrogen) atoms. The smallest absolute Gasteiger partial charge is 0.238 e. The van der Waals surface area contributed by atoms with Crippen molar-refractivity contribution in [2.75, 3.05) is 4.90 Å². The minimum absolute atomic E-state index is 0.0302. The van der Waals surface area contributed by atoms with Gasteiger partial charge in [0.1, 0.15) is 0 Å². The van der Waals surface area contributed by atoms with Gasteiger partial charge >= 0.3 is 0 Å². The fourth-order valence-corrected chi connectivity index (χ4v) is 6.15. The standard InChI is InChI=1S/C28H23NO2/c1-17-10-8-9-15-22(17)29-27(30)25-20-16-21(26(25)28(29)31)24(19-13-6-3-7-14-19)23(20)18-11-4-2-5-12-18/h2-15,20-21,25-26H,16H2,1H3/t20-,21-,25-,26+/m1/s1. The van der Waals surface area contributed by atoms with Crippen molar-refractivity contribution in [3.8, 4) is 0 Å². The minimum Gasteiger partial charge on any atom is -0.274 e. The zero-order valence-corrected chi connectivity index (χ0v) is 17.4. The summed E-state index contributed by atoms with van der Waals surface area (Å²) < 4.78 is 0. The first-order valence-corrected chi connectivity index (χ1v) is 10.9. The van der Waals surface area contributed by atoms with Gasteiger partial charge in [-0.2, -0.15) is 0 Å². The van der Waals surface area contributed by atoms with Crippen molar-refractivity contribution in [2.45, 2.75) is 13.3 Å². The average molecular weight is 405 g/mol. The van der Waals surface area contributed by atoms with Gasteiger partial charge in [0.25, 0.3) is 0 Å². The van der Waals surface area contributed by atoms with Crippen molar-refractivity contribution in [3.05, 3.63) is 102 Å². The number of benzene rings is 3. The van der Waals surface area contributed by atoms with Gasteiger partial charge in [0.15, 0.2) is 0 Å². The number of hydrogen-bond donors (Lipinski definition) is 0. The normalized spacial score (nSPS) is 26.7. The highest BCUT2D eigenvalue weighted by Crippen LogP contribution is 2.64. The number of carbonyl (C=O) groups is 2. The Morgan fingerprint density at radius 1 is 0.645 bits per heavy atom. The number of anilines is 1. The van der Waals surface area contributed by atoms with Crippen LogP contribution in [0, 0.1) is 30.6 Å². The summed E-state index contributed by atoms with van der Waals surface area (Å²) in [7, 11) is 0. The Kier molecular flexibility index (Phi) is 4.01. The predicted octanol–water partition coefficient (Wildman–Crippen LogP) is 5.36. The van der Waals surface area contributed by atoms with E-state index in [1.165, 1.54) is 27.2 Å². The number of aryl methyl sites for hydroxylation is 1. The molecule has 3 aliphatic rings. The maximum atomic E-state index is 13.6. The Morgan fingerprint density at radius 3 is 1.58 bits per heavy atom. The maximum absolute atomic E-state index is 13.6. The van der Waals surface area contributed by atoms with Gasteiger partial charge in [-0.3, -0.25) is 9.59 Å². The maximum Gasteiger partial charge on any atom is 0.238 e. The zero-order valence-electron chi connectivity index (χ0n) is 17.4. The van der Waals surface area contributed by atoms with Crippen molar-refractivity contribution in [1.29, 1.82) is 0 Å².